The highest BCUT2D eigenvalue weighted by Gasteiger charge is 2.25. The summed E-state index contributed by atoms with van der Waals surface area (Å²) >= 11 is 6.25. The van der Waals surface area contributed by atoms with Gasteiger partial charge in [-0.05, 0) is 30.3 Å². The molecule has 0 bridgehead atoms. The Labute approximate surface area is 185 Å². The van der Waals surface area contributed by atoms with Crippen molar-refractivity contribution in [2.45, 2.75) is 19.4 Å². The van der Waals surface area contributed by atoms with Crippen LogP contribution < -0.4 is 0 Å². The van der Waals surface area contributed by atoms with E-state index in [0.717, 1.165) is 17.4 Å². The van der Waals surface area contributed by atoms with Crippen LogP contribution in [0.15, 0.2) is 47.5 Å². The summed E-state index contributed by atoms with van der Waals surface area (Å²) in [5.41, 5.74) is 2.18. The van der Waals surface area contributed by atoms with Crippen LogP contribution >= 0.6 is 11.6 Å². The number of benzene rings is 2. The first-order valence-corrected chi connectivity index (χ1v) is 10.5. The van der Waals surface area contributed by atoms with Gasteiger partial charge in [-0.1, -0.05) is 23.7 Å². The van der Waals surface area contributed by atoms with Gasteiger partial charge in [0.1, 0.15) is 5.82 Å². The van der Waals surface area contributed by atoms with E-state index < -0.39 is 0 Å². The lowest BCUT2D eigenvalue weighted by atomic mass is 10.00. The second-order valence-electron chi connectivity index (χ2n) is 8.61. The van der Waals surface area contributed by atoms with E-state index in [4.69, 9.17) is 11.6 Å². The third-order valence-corrected chi connectivity index (χ3v) is 5.34. The quantitative estimate of drug-likeness (QED) is 0.428. The van der Waals surface area contributed by atoms with Crippen LogP contribution in [0.4, 0.5) is 4.39 Å². The summed E-state index contributed by atoms with van der Waals surface area (Å²) in [5.74, 6) is 0.252. The standard InChI is InChI=1S/C23H24ClFN5O/c1-30(2,3)12-6-9-20(31)23-27-21-14-26-22(16-7-4-5-8-18(16)25)17-13-15(24)10-11-19(17)29(21)28-23/h4-5,7-8,10-11,13H,6,9,12,14H2,1-3H3/q+1. The molecule has 0 spiro atoms. The highest BCUT2D eigenvalue weighted by Crippen LogP contribution is 2.28. The van der Waals surface area contributed by atoms with Crippen molar-refractivity contribution >= 4 is 23.1 Å². The number of aliphatic imine (C=N–C) groups is 1. The SMILES string of the molecule is C[N+](C)(C)CCCC(=O)c1nc2n(n1)-c1ccc(Cl)cc1C(c1ccccc1F)=NC2. The number of ketones is 1. The summed E-state index contributed by atoms with van der Waals surface area (Å²) in [5, 5.41) is 4.99. The molecule has 1 aliphatic heterocycles. The molecule has 4 rings (SSSR count). The molecule has 1 aromatic heterocycles. The average Bonchev–Trinajstić information content (AvgIpc) is 3.07. The molecule has 0 aliphatic carbocycles. The minimum absolute atomic E-state index is 0.0946. The summed E-state index contributed by atoms with van der Waals surface area (Å²) in [7, 11) is 6.28. The zero-order valence-corrected chi connectivity index (χ0v) is 18.5. The van der Waals surface area contributed by atoms with Gasteiger partial charge < -0.3 is 4.48 Å². The van der Waals surface area contributed by atoms with Crippen LogP contribution in [0.2, 0.25) is 5.02 Å². The lowest BCUT2D eigenvalue weighted by Gasteiger charge is -2.23. The Balaban J connectivity index is 1.71. The Hall–Kier alpha value is -2.90. The molecule has 2 aromatic carbocycles. The Morgan fingerprint density at radius 2 is 1.94 bits per heavy atom. The van der Waals surface area contributed by atoms with E-state index in [-0.39, 0.29) is 24.0 Å². The maximum Gasteiger partial charge on any atom is 0.218 e. The van der Waals surface area contributed by atoms with Crippen LogP contribution in [0.5, 0.6) is 0 Å². The van der Waals surface area contributed by atoms with Gasteiger partial charge in [0, 0.05) is 29.0 Å². The average molecular weight is 441 g/mol. The zero-order chi connectivity index (χ0) is 22.2. The van der Waals surface area contributed by atoms with Crippen LogP contribution in [-0.2, 0) is 6.54 Å². The van der Waals surface area contributed by atoms with Gasteiger partial charge >= 0.3 is 0 Å². The van der Waals surface area contributed by atoms with Gasteiger partial charge in [0.2, 0.25) is 11.6 Å². The fourth-order valence-corrected chi connectivity index (χ4v) is 3.76. The summed E-state index contributed by atoms with van der Waals surface area (Å²) in [6.45, 7) is 1.06. The van der Waals surface area contributed by atoms with E-state index in [9.17, 15) is 9.18 Å². The number of carbonyl (C=O) groups is 1. The van der Waals surface area contributed by atoms with E-state index in [0.29, 0.717) is 39.8 Å². The van der Waals surface area contributed by atoms with E-state index in [1.807, 2.05) is 0 Å². The van der Waals surface area contributed by atoms with Gasteiger partial charge in [0.15, 0.2) is 5.82 Å². The number of aromatic nitrogens is 3. The third kappa shape index (κ3) is 4.57. The smallest absolute Gasteiger partial charge is 0.218 e. The van der Waals surface area contributed by atoms with Crippen LogP contribution in [-0.4, -0.2) is 58.4 Å². The molecular formula is C23H24ClFN5O+. The molecule has 8 heteroatoms. The van der Waals surface area contributed by atoms with Gasteiger partial charge in [-0.25, -0.2) is 14.1 Å². The van der Waals surface area contributed by atoms with Crippen LogP contribution in [0, 0.1) is 5.82 Å². The Kier molecular flexibility index (Phi) is 5.73. The van der Waals surface area contributed by atoms with Crippen molar-refractivity contribution in [3.63, 3.8) is 0 Å². The third-order valence-electron chi connectivity index (χ3n) is 5.11. The molecule has 3 aromatic rings. The monoisotopic (exact) mass is 440 g/mol. The number of hydrogen-bond acceptors (Lipinski definition) is 4. The van der Waals surface area contributed by atoms with E-state index in [2.05, 4.69) is 36.2 Å². The first-order chi connectivity index (χ1) is 14.7. The molecule has 6 nitrogen and oxygen atoms in total. The Bertz CT molecular complexity index is 1180. The second-order valence-corrected chi connectivity index (χ2v) is 9.05. The normalized spacial score (nSPS) is 13.3. The Morgan fingerprint density at radius 3 is 2.68 bits per heavy atom. The molecule has 0 saturated heterocycles. The topological polar surface area (TPSA) is 60.1 Å². The predicted octanol–water partition coefficient (Wildman–Crippen LogP) is 4.08. The van der Waals surface area contributed by atoms with Gasteiger partial charge in [0.25, 0.3) is 0 Å². The van der Waals surface area contributed by atoms with E-state index in [1.165, 1.54) is 6.07 Å². The molecule has 2 heterocycles. The first-order valence-electron chi connectivity index (χ1n) is 10.1. The molecule has 0 atom stereocenters. The van der Waals surface area contributed by atoms with Gasteiger partial charge in [-0.2, -0.15) is 0 Å². The number of halogens is 2. The first kappa shape index (κ1) is 21.3. The van der Waals surface area contributed by atoms with Crippen LogP contribution in [0.25, 0.3) is 5.69 Å². The highest BCUT2D eigenvalue weighted by molar-refractivity contribution is 6.31. The lowest BCUT2D eigenvalue weighted by molar-refractivity contribution is -0.870. The number of hydrogen-bond donors (Lipinski definition) is 0. The van der Waals surface area contributed by atoms with E-state index in [1.54, 1.807) is 41.1 Å². The number of carbonyl (C=O) groups excluding carboxylic acids is 1. The fraction of sp³-hybridized carbons (Fsp3) is 0.304. The fourth-order valence-electron chi connectivity index (χ4n) is 3.58. The summed E-state index contributed by atoms with van der Waals surface area (Å²) in [6, 6.07) is 11.8. The molecule has 31 heavy (non-hydrogen) atoms. The number of quaternary nitrogens is 1. The highest BCUT2D eigenvalue weighted by atomic mass is 35.5. The summed E-state index contributed by atoms with van der Waals surface area (Å²) in [4.78, 5) is 21.8. The van der Waals surface area contributed by atoms with Crippen LogP contribution in [0.1, 0.15) is 40.4 Å². The Morgan fingerprint density at radius 1 is 1.16 bits per heavy atom. The van der Waals surface area contributed by atoms with Gasteiger partial charge in [-0.3, -0.25) is 9.79 Å². The molecular weight excluding hydrogens is 417 g/mol. The number of rotatable bonds is 6. The number of Topliss-reactive ketones (excluding diaryl/α,β-unsaturated/α-hetero) is 1. The molecule has 0 radical (unpaired) electrons. The number of fused-ring (bicyclic) bond motifs is 3. The van der Waals surface area contributed by atoms with Gasteiger partial charge in [0.05, 0.1) is 45.6 Å². The van der Waals surface area contributed by atoms with Crippen molar-refractivity contribution in [3.8, 4) is 5.69 Å². The molecule has 160 valence electrons. The molecule has 0 unspecified atom stereocenters. The predicted molar refractivity (Wildman–Crippen MR) is 119 cm³/mol. The molecule has 1 aliphatic rings. The maximum atomic E-state index is 14.5. The maximum absolute atomic E-state index is 14.5. The summed E-state index contributed by atoms with van der Waals surface area (Å²) < 4.78 is 16.9. The number of nitrogens with zero attached hydrogens (tertiary/aromatic N) is 5. The van der Waals surface area contributed by atoms with Crippen molar-refractivity contribution in [1.82, 2.24) is 14.8 Å². The lowest BCUT2D eigenvalue weighted by Crippen LogP contribution is -2.35. The van der Waals surface area contributed by atoms with Crippen molar-refractivity contribution in [3.05, 3.63) is 76.1 Å². The van der Waals surface area contributed by atoms with Crippen molar-refractivity contribution in [2.24, 2.45) is 4.99 Å². The van der Waals surface area contributed by atoms with Crippen molar-refractivity contribution in [2.75, 3.05) is 27.7 Å². The van der Waals surface area contributed by atoms with Crippen molar-refractivity contribution in [1.29, 1.82) is 0 Å². The zero-order valence-electron chi connectivity index (χ0n) is 17.8. The second kappa shape index (κ2) is 8.32. The molecule has 0 N–H and O–H groups in total. The summed E-state index contributed by atoms with van der Waals surface area (Å²) in [6.07, 6.45) is 1.14. The molecule has 0 amide bonds. The molecule has 0 fully saturated rings. The van der Waals surface area contributed by atoms with E-state index >= 15 is 0 Å². The molecule has 0 saturated carbocycles. The minimum atomic E-state index is -0.368. The largest absolute Gasteiger partial charge is 0.331 e. The van der Waals surface area contributed by atoms with Gasteiger partial charge in [-0.15, -0.1) is 5.10 Å². The van der Waals surface area contributed by atoms with Crippen LogP contribution in [0.3, 0.4) is 0 Å². The van der Waals surface area contributed by atoms with Crippen molar-refractivity contribution < 1.29 is 13.7 Å². The minimum Gasteiger partial charge on any atom is -0.331 e.